The van der Waals surface area contributed by atoms with Crippen molar-refractivity contribution in [2.24, 2.45) is 0 Å². The fourth-order valence-corrected chi connectivity index (χ4v) is 3.69. The van der Waals surface area contributed by atoms with Gasteiger partial charge < -0.3 is 5.32 Å². The van der Waals surface area contributed by atoms with Crippen LogP contribution < -0.4 is 5.32 Å². The third-order valence-corrected chi connectivity index (χ3v) is 5.33. The van der Waals surface area contributed by atoms with Gasteiger partial charge in [0.05, 0.1) is 9.26 Å². The molecule has 108 valence electrons. The van der Waals surface area contributed by atoms with Gasteiger partial charge in [0.2, 0.25) is 0 Å². The monoisotopic (exact) mass is 391 g/mol. The van der Waals surface area contributed by atoms with E-state index in [0.717, 1.165) is 23.1 Å². The van der Waals surface area contributed by atoms with E-state index in [4.69, 9.17) is 9.97 Å². The maximum absolute atomic E-state index is 4.88. The predicted molar refractivity (Wildman–Crippen MR) is 93.7 cm³/mol. The molecule has 0 saturated heterocycles. The number of hydrogen-bond acceptors (Lipinski definition) is 3. The third-order valence-electron chi connectivity index (χ3n) is 4.27. The van der Waals surface area contributed by atoms with Crippen LogP contribution in [0.3, 0.4) is 0 Å². The Morgan fingerprint density at radius 1 is 1.10 bits per heavy atom. The first kappa shape index (κ1) is 13.5. The van der Waals surface area contributed by atoms with Crippen molar-refractivity contribution in [2.45, 2.75) is 37.5 Å². The lowest BCUT2D eigenvalue weighted by Gasteiger charge is -2.11. The molecule has 0 unspecified atom stereocenters. The molecule has 1 heterocycles. The first-order valence-electron chi connectivity index (χ1n) is 7.62. The zero-order valence-electron chi connectivity index (χ0n) is 12.1. The molecule has 0 bridgehead atoms. The van der Waals surface area contributed by atoms with E-state index < -0.39 is 0 Å². The molecule has 4 rings (SSSR count). The molecule has 0 radical (unpaired) electrons. The van der Waals surface area contributed by atoms with Crippen molar-refractivity contribution in [3.05, 3.63) is 39.1 Å². The lowest BCUT2D eigenvalue weighted by Crippen LogP contribution is -2.04. The van der Waals surface area contributed by atoms with Crippen LogP contribution in [0.4, 0.5) is 5.82 Å². The fraction of sp³-hybridized carbons (Fsp3) is 0.412. The largest absolute Gasteiger partial charge is 0.372 e. The lowest BCUT2D eigenvalue weighted by atomic mass is 10.1. The molecular weight excluding hydrogens is 373 g/mol. The number of nitrogens with zero attached hydrogens (tertiary/aromatic N) is 2. The molecule has 3 nitrogen and oxygen atoms in total. The maximum Gasteiger partial charge on any atom is 0.161 e. The molecule has 1 aromatic heterocycles. The van der Waals surface area contributed by atoms with Gasteiger partial charge in [-0.2, -0.15) is 0 Å². The standard InChI is InChI=1S/C17H18IN3/c1-19-17-14(18)15(11-7-8-11)20-16(21-17)13-4-2-3-12(9-13)10-5-6-10/h2-4,9-11H,5-8H2,1H3,(H,19,20,21). The summed E-state index contributed by atoms with van der Waals surface area (Å²) < 4.78 is 1.18. The van der Waals surface area contributed by atoms with E-state index >= 15 is 0 Å². The van der Waals surface area contributed by atoms with E-state index in [1.807, 2.05) is 7.05 Å². The zero-order valence-corrected chi connectivity index (χ0v) is 14.2. The van der Waals surface area contributed by atoms with Crippen LogP contribution in [-0.2, 0) is 0 Å². The fourth-order valence-electron chi connectivity index (χ4n) is 2.73. The number of rotatable bonds is 4. The van der Waals surface area contributed by atoms with Crippen LogP contribution in [0.15, 0.2) is 24.3 Å². The minimum Gasteiger partial charge on any atom is -0.372 e. The summed E-state index contributed by atoms with van der Waals surface area (Å²) in [4.78, 5) is 9.60. The van der Waals surface area contributed by atoms with Crippen LogP contribution in [-0.4, -0.2) is 17.0 Å². The molecule has 2 aliphatic carbocycles. The van der Waals surface area contributed by atoms with E-state index in [2.05, 4.69) is 52.2 Å². The smallest absolute Gasteiger partial charge is 0.161 e. The molecule has 0 aliphatic heterocycles. The Hall–Kier alpha value is -1.17. The summed E-state index contributed by atoms with van der Waals surface area (Å²) in [6.45, 7) is 0. The van der Waals surface area contributed by atoms with Gasteiger partial charge in [0.25, 0.3) is 0 Å². The van der Waals surface area contributed by atoms with E-state index in [0.29, 0.717) is 5.92 Å². The highest BCUT2D eigenvalue weighted by Crippen LogP contribution is 2.44. The van der Waals surface area contributed by atoms with Gasteiger partial charge in [-0.05, 0) is 65.8 Å². The molecule has 2 aliphatic rings. The highest BCUT2D eigenvalue weighted by molar-refractivity contribution is 14.1. The summed E-state index contributed by atoms with van der Waals surface area (Å²) in [5.74, 6) is 3.22. The van der Waals surface area contributed by atoms with Crippen LogP contribution in [0.5, 0.6) is 0 Å². The summed E-state index contributed by atoms with van der Waals surface area (Å²) in [5.41, 5.74) is 3.81. The van der Waals surface area contributed by atoms with Gasteiger partial charge in [-0.3, -0.25) is 0 Å². The lowest BCUT2D eigenvalue weighted by molar-refractivity contribution is 0.978. The Balaban J connectivity index is 1.80. The second kappa shape index (κ2) is 5.23. The van der Waals surface area contributed by atoms with Crippen LogP contribution in [0.25, 0.3) is 11.4 Å². The van der Waals surface area contributed by atoms with Crippen molar-refractivity contribution in [3.63, 3.8) is 0 Å². The van der Waals surface area contributed by atoms with Crippen molar-refractivity contribution >= 4 is 28.4 Å². The normalized spacial score (nSPS) is 17.8. The van der Waals surface area contributed by atoms with Crippen molar-refractivity contribution in [3.8, 4) is 11.4 Å². The third kappa shape index (κ3) is 2.65. The summed E-state index contributed by atoms with van der Waals surface area (Å²) in [6.07, 6.45) is 5.17. The highest BCUT2D eigenvalue weighted by atomic mass is 127. The van der Waals surface area contributed by atoms with Crippen LogP contribution in [0.1, 0.15) is 48.8 Å². The second-order valence-corrected chi connectivity index (χ2v) is 7.10. The minimum absolute atomic E-state index is 0.636. The predicted octanol–water partition coefficient (Wildman–Crippen LogP) is 4.54. The molecule has 0 amide bonds. The van der Waals surface area contributed by atoms with Crippen molar-refractivity contribution in [2.75, 3.05) is 12.4 Å². The molecular formula is C17H18IN3. The molecule has 4 heteroatoms. The Morgan fingerprint density at radius 2 is 1.86 bits per heavy atom. The van der Waals surface area contributed by atoms with E-state index in [1.54, 1.807) is 0 Å². The van der Waals surface area contributed by atoms with E-state index in [9.17, 15) is 0 Å². The highest BCUT2D eigenvalue weighted by Gasteiger charge is 2.29. The average molecular weight is 391 g/mol. The van der Waals surface area contributed by atoms with Crippen LogP contribution in [0.2, 0.25) is 0 Å². The Morgan fingerprint density at radius 3 is 2.52 bits per heavy atom. The zero-order chi connectivity index (χ0) is 14.4. The molecule has 1 N–H and O–H groups in total. The second-order valence-electron chi connectivity index (χ2n) is 6.02. The molecule has 1 aromatic carbocycles. The number of benzene rings is 1. The molecule has 0 atom stereocenters. The molecule has 2 saturated carbocycles. The van der Waals surface area contributed by atoms with Gasteiger partial charge in [0, 0.05) is 18.5 Å². The number of halogens is 1. The van der Waals surface area contributed by atoms with E-state index in [1.165, 1.54) is 40.5 Å². The van der Waals surface area contributed by atoms with Gasteiger partial charge in [-0.1, -0.05) is 18.2 Å². The Labute approximate surface area is 138 Å². The van der Waals surface area contributed by atoms with Gasteiger partial charge in [-0.15, -0.1) is 0 Å². The number of aromatic nitrogens is 2. The Kier molecular flexibility index (Phi) is 3.36. The summed E-state index contributed by atoms with van der Waals surface area (Å²) >= 11 is 2.37. The van der Waals surface area contributed by atoms with E-state index in [-0.39, 0.29) is 0 Å². The SMILES string of the molecule is CNc1nc(-c2cccc(C3CC3)c2)nc(C2CC2)c1I. The van der Waals surface area contributed by atoms with Gasteiger partial charge in [0.1, 0.15) is 5.82 Å². The summed E-state index contributed by atoms with van der Waals surface area (Å²) in [6, 6.07) is 8.77. The van der Waals surface area contributed by atoms with Crippen LogP contribution in [0, 0.1) is 3.57 Å². The first-order valence-corrected chi connectivity index (χ1v) is 8.69. The van der Waals surface area contributed by atoms with Gasteiger partial charge >= 0.3 is 0 Å². The topological polar surface area (TPSA) is 37.8 Å². The molecule has 2 fully saturated rings. The molecule has 21 heavy (non-hydrogen) atoms. The maximum atomic E-state index is 4.88. The number of hydrogen-bond donors (Lipinski definition) is 1. The summed E-state index contributed by atoms with van der Waals surface area (Å²) in [7, 11) is 1.94. The van der Waals surface area contributed by atoms with Crippen molar-refractivity contribution < 1.29 is 0 Å². The van der Waals surface area contributed by atoms with Crippen molar-refractivity contribution in [1.82, 2.24) is 9.97 Å². The Bertz CT molecular complexity index is 690. The first-order chi connectivity index (χ1) is 10.3. The summed E-state index contributed by atoms with van der Waals surface area (Å²) in [5, 5.41) is 3.22. The number of nitrogens with one attached hydrogen (secondary N) is 1. The molecule has 2 aromatic rings. The van der Waals surface area contributed by atoms with Crippen molar-refractivity contribution in [1.29, 1.82) is 0 Å². The van der Waals surface area contributed by atoms with Gasteiger partial charge in [-0.25, -0.2) is 9.97 Å². The minimum atomic E-state index is 0.636. The molecule has 0 spiro atoms. The number of anilines is 1. The van der Waals surface area contributed by atoms with Gasteiger partial charge in [0.15, 0.2) is 5.82 Å². The quantitative estimate of drug-likeness (QED) is 0.778. The van der Waals surface area contributed by atoms with Crippen LogP contribution >= 0.6 is 22.6 Å². The average Bonchev–Trinajstić information content (AvgIpc) is 3.40.